The number of hydrogen-bond donors (Lipinski definition) is 0. The van der Waals surface area contributed by atoms with E-state index in [1.165, 1.54) is 0 Å². The molecule has 1 aliphatic rings. The van der Waals surface area contributed by atoms with Gasteiger partial charge in [-0.05, 0) is 35.6 Å². The van der Waals surface area contributed by atoms with Gasteiger partial charge in [0, 0.05) is 19.3 Å². The molecule has 0 aromatic heterocycles. The molecule has 0 unspecified atom stereocenters. The number of rotatable bonds is 7. The lowest BCUT2D eigenvalue weighted by Crippen LogP contribution is -2.32. The third-order valence-corrected chi connectivity index (χ3v) is 4.30. The molecular weight excluding hydrogens is 394 g/mol. The number of aryl methyl sites for hydroxylation is 2. The predicted octanol–water partition coefficient (Wildman–Crippen LogP) is 3.61. The van der Waals surface area contributed by atoms with Crippen molar-refractivity contribution < 1.29 is 24.0 Å². The van der Waals surface area contributed by atoms with Crippen molar-refractivity contribution in [3.63, 3.8) is 0 Å². The zero-order valence-corrected chi connectivity index (χ0v) is 16.6. The Bertz CT molecular complexity index is 823. The Hall–Kier alpha value is -2.99. The minimum absolute atomic E-state index is 0.116. The largest absolute Gasteiger partial charge is 0.333 e. The monoisotopic (exact) mass is 415 g/mol. The second-order valence-electron chi connectivity index (χ2n) is 6.37. The predicted molar refractivity (Wildman–Crippen MR) is 108 cm³/mol. The number of amides is 2. The van der Waals surface area contributed by atoms with Crippen LogP contribution in [0.3, 0.4) is 0 Å². The highest BCUT2D eigenvalue weighted by atomic mass is 35.5. The summed E-state index contributed by atoms with van der Waals surface area (Å²) in [6.07, 6.45) is 2.06. The van der Waals surface area contributed by atoms with Crippen molar-refractivity contribution in [3.05, 3.63) is 71.8 Å². The number of hydrogen-bond acceptors (Lipinski definition) is 5. The molecule has 6 nitrogen and oxygen atoms in total. The van der Waals surface area contributed by atoms with Gasteiger partial charge in [-0.1, -0.05) is 60.7 Å². The molecule has 0 N–H and O–H groups in total. The first kappa shape index (κ1) is 22.3. The number of imide groups is 1. The Balaban J connectivity index is 0.000000234. The van der Waals surface area contributed by atoms with Gasteiger partial charge in [-0.15, -0.1) is 5.06 Å². The van der Waals surface area contributed by atoms with Gasteiger partial charge in [-0.25, -0.2) is 4.79 Å². The van der Waals surface area contributed by atoms with Gasteiger partial charge in [0.1, 0.15) is 0 Å². The molecule has 29 heavy (non-hydrogen) atoms. The molecule has 0 saturated carbocycles. The van der Waals surface area contributed by atoms with E-state index in [9.17, 15) is 19.2 Å². The van der Waals surface area contributed by atoms with Crippen molar-refractivity contribution in [3.8, 4) is 0 Å². The molecule has 0 aliphatic carbocycles. The summed E-state index contributed by atoms with van der Waals surface area (Å²) < 4.78 is 0. The van der Waals surface area contributed by atoms with Crippen LogP contribution in [0.4, 0.5) is 0 Å². The van der Waals surface area contributed by atoms with Gasteiger partial charge in [0.05, 0.1) is 6.42 Å². The van der Waals surface area contributed by atoms with E-state index < -0.39 is 17.8 Å². The maximum Gasteiger partial charge on any atom is 0.333 e. The van der Waals surface area contributed by atoms with Crippen LogP contribution in [0.2, 0.25) is 0 Å². The van der Waals surface area contributed by atoms with Gasteiger partial charge in [0.2, 0.25) is 5.24 Å². The summed E-state index contributed by atoms with van der Waals surface area (Å²) in [5.74, 6) is -1.47. The molecule has 7 heteroatoms. The number of halogens is 1. The van der Waals surface area contributed by atoms with E-state index >= 15 is 0 Å². The quantitative estimate of drug-likeness (QED) is 0.509. The molecule has 1 heterocycles. The van der Waals surface area contributed by atoms with Gasteiger partial charge < -0.3 is 4.84 Å². The lowest BCUT2D eigenvalue weighted by atomic mass is 10.1. The molecule has 152 valence electrons. The Labute approximate surface area is 174 Å². The second kappa shape index (κ2) is 11.8. The number of carbonyl (C=O) groups excluding carboxylic acids is 4. The third kappa shape index (κ3) is 8.27. The molecule has 0 radical (unpaired) electrons. The molecule has 2 amide bonds. The SMILES string of the molecule is O=C(CCc1ccccc1)ON1C(=O)CCC1=O.O=C(Cl)CCc1ccccc1. The van der Waals surface area contributed by atoms with Crippen LogP contribution in [0.15, 0.2) is 60.7 Å². The van der Waals surface area contributed by atoms with Gasteiger partial charge in [-0.2, -0.15) is 0 Å². The fraction of sp³-hybridized carbons (Fsp3) is 0.273. The van der Waals surface area contributed by atoms with Crippen LogP contribution in [0.5, 0.6) is 0 Å². The third-order valence-electron chi connectivity index (χ3n) is 4.11. The molecule has 0 atom stereocenters. The maximum atomic E-state index is 11.5. The molecule has 2 aromatic rings. The van der Waals surface area contributed by atoms with Crippen LogP contribution in [0, 0.1) is 0 Å². The van der Waals surface area contributed by atoms with Crippen LogP contribution in [0.25, 0.3) is 0 Å². The van der Waals surface area contributed by atoms with Crippen molar-refractivity contribution in [1.29, 1.82) is 0 Å². The molecule has 3 rings (SSSR count). The Morgan fingerprint density at radius 1 is 0.793 bits per heavy atom. The van der Waals surface area contributed by atoms with Gasteiger partial charge in [0.25, 0.3) is 11.8 Å². The molecule has 2 aromatic carbocycles. The van der Waals surface area contributed by atoms with Crippen molar-refractivity contribution >= 4 is 34.6 Å². The minimum atomic E-state index is -0.567. The van der Waals surface area contributed by atoms with Crippen molar-refractivity contribution in [1.82, 2.24) is 5.06 Å². The highest BCUT2D eigenvalue weighted by Gasteiger charge is 2.32. The summed E-state index contributed by atoms with van der Waals surface area (Å²) in [5, 5.41) is 0.307. The lowest BCUT2D eigenvalue weighted by Gasteiger charge is -2.12. The van der Waals surface area contributed by atoms with Crippen LogP contribution in [-0.2, 0) is 36.9 Å². The van der Waals surface area contributed by atoms with Gasteiger partial charge >= 0.3 is 5.97 Å². The van der Waals surface area contributed by atoms with E-state index in [2.05, 4.69) is 0 Å². The van der Waals surface area contributed by atoms with Gasteiger partial charge in [0.15, 0.2) is 0 Å². The average Bonchev–Trinajstić information content (AvgIpc) is 3.05. The topological polar surface area (TPSA) is 80.8 Å². The summed E-state index contributed by atoms with van der Waals surface area (Å²) in [7, 11) is 0. The number of benzene rings is 2. The molecule has 1 saturated heterocycles. The smallest absolute Gasteiger partial charge is 0.330 e. The lowest BCUT2D eigenvalue weighted by molar-refractivity contribution is -0.197. The molecule has 0 bridgehead atoms. The fourth-order valence-corrected chi connectivity index (χ4v) is 2.68. The summed E-state index contributed by atoms with van der Waals surface area (Å²) in [6, 6.07) is 19.3. The van der Waals surface area contributed by atoms with Crippen LogP contribution >= 0.6 is 11.6 Å². The number of carbonyl (C=O) groups is 4. The summed E-state index contributed by atoms with van der Waals surface area (Å²) in [6.45, 7) is 0. The van der Waals surface area contributed by atoms with E-state index in [4.69, 9.17) is 16.4 Å². The molecule has 0 spiro atoms. The molecule has 1 aliphatic heterocycles. The highest BCUT2D eigenvalue weighted by molar-refractivity contribution is 6.63. The molecule has 1 fully saturated rings. The zero-order chi connectivity index (χ0) is 21.1. The minimum Gasteiger partial charge on any atom is -0.330 e. The van der Waals surface area contributed by atoms with E-state index in [0.29, 0.717) is 17.9 Å². The normalized spacial score (nSPS) is 12.9. The summed E-state index contributed by atoms with van der Waals surface area (Å²) >= 11 is 5.19. The zero-order valence-electron chi connectivity index (χ0n) is 15.9. The van der Waals surface area contributed by atoms with E-state index in [0.717, 1.165) is 17.5 Å². The summed E-state index contributed by atoms with van der Waals surface area (Å²) in [4.78, 5) is 49.1. The Morgan fingerprint density at radius 3 is 1.69 bits per heavy atom. The van der Waals surface area contributed by atoms with Crippen molar-refractivity contribution in [2.45, 2.75) is 38.5 Å². The fourth-order valence-electron chi connectivity index (χ4n) is 2.58. The van der Waals surface area contributed by atoms with Crippen LogP contribution < -0.4 is 0 Å². The Morgan fingerprint density at radius 2 is 1.24 bits per heavy atom. The van der Waals surface area contributed by atoms with Gasteiger partial charge in [-0.3, -0.25) is 14.4 Å². The number of hydroxylamine groups is 2. The molecular formula is C22H22ClNO5. The van der Waals surface area contributed by atoms with Crippen LogP contribution in [-0.4, -0.2) is 28.1 Å². The first-order chi connectivity index (χ1) is 14.0. The van der Waals surface area contributed by atoms with E-state index in [1.807, 2.05) is 60.7 Å². The Kier molecular flexibility index (Phi) is 9.05. The van der Waals surface area contributed by atoms with E-state index in [-0.39, 0.29) is 24.5 Å². The highest BCUT2D eigenvalue weighted by Crippen LogP contribution is 2.13. The average molecular weight is 416 g/mol. The second-order valence-corrected chi connectivity index (χ2v) is 6.79. The van der Waals surface area contributed by atoms with Crippen LogP contribution in [0.1, 0.15) is 36.8 Å². The first-order valence-electron chi connectivity index (χ1n) is 9.28. The number of nitrogens with zero attached hydrogens (tertiary/aromatic N) is 1. The standard InChI is InChI=1S/C13H13NO4.C9H9ClO/c15-11-7-8-12(16)14(11)18-13(17)9-6-10-4-2-1-3-5-10;10-9(11)7-6-8-4-2-1-3-5-8/h1-5H,6-9H2;1-5H,6-7H2. The van der Waals surface area contributed by atoms with Crippen molar-refractivity contribution in [2.75, 3.05) is 0 Å². The first-order valence-corrected chi connectivity index (χ1v) is 9.66. The van der Waals surface area contributed by atoms with Crippen molar-refractivity contribution in [2.24, 2.45) is 0 Å². The van der Waals surface area contributed by atoms with E-state index in [1.54, 1.807) is 0 Å². The summed E-state index contributed by atoms with van der Waals surface area (Å²) in [5.41, 5.74) is 2.16. The maximum absolute atomic E-state index is 11.5.